The lowest BCUT2D eigenvalue weighted by Crippen LogP contribution is -2.35. The highest BCUT2D eigenvalue weighted by Crippen LogP contribution is 2.44. The molecule has 0 aliphatic carbocycles. The number of rotatable bonds is 4. The monoisotopic (exact) mass is 242 g/mol. The molecule has 0 aromatic heterocycles. The van der Waals surface area contributed by atoms with Gasteiger partial charge >= 0.3 is 6.18 Å². The maximum atomic E-state index is 12.7. The van der Waals surface area contributed by atoms with E-state index < -0.39 is 12.2 Å². The second kappa shape index (κ2) is 4.18. The summed E-state index contributed by atoms with van der Waals surface area (Å²) in [5.74, 6) is 0. The number of nitrogens with zero attached hydrogens (tertiary/aromatic N) is 1. The largest absolute Gasteiger partial charge is 0.447 e. The molecule has 0 amide bonds. The van der Waals surface area contributed by atoms with Crippen LogP contribution in [-0.2, 0) is 6.54 Å². The van der Waals surface area contributed by atoms with E-state index >= 15 is 0 Å². The van der Waals surface area contributed by atoms with Crippen LogP contribution in [-0.4, -0.2) is 29.8 Å². The van der Waals surface area contributed by atoms with Gasteiger partial charge in [0, 0.05) is 5.56 Å². The highest BCUT2D eigenvalue weighted by molar-refractivity contribution is 5.14. The van der Waals surface area contributed by atoms with Crippen LogP contribution in [0.15, 0.2) is 43.0 Å². The number of alkyl halides is 3. The van der Waals surface area contributed by atoms with Gasteiger partial charge in [0.25, 0.3) is 0 Å². The van der Waals surface area contributed by atoms with Crippen LogP contribution < -0.4 is 0 Å². The Hall–Kier alpha value is -1.29. The van der Waals surface area contributed by atoms with Crippen LogP contribution in [0.3, 0.4) is 0 Å². The molecule has 4 heteroatoms. The molecular formula is C13H15F3N+. The maximum Gasteiger partial charge on any atom is 0.447 e. The molecule has 1 unspecified atom stereocenters. The van der Waals surface area contributed by atoms with Crippen molar-refractivity contribution in [2.45, 2.75) is 18.8 Å². The fourth-order valence-corrected chi connectivity index (χ4v) is 2.36. The summed E-state index contributed by atoms with van der Waals surface area (Å²) in [6.07, 6.45) is -2.52. The standard InChI is InChI=1S/C13H15F3N/c1-2-8-17(10-12(17)13(14,15)16)9-11-6-4-3-5-7-11/h2-7,12H,1,8-10H2/q+1/t12-,17?/m1/s1. The average molecular weight is 242 g/mol. The van der Waals surface area contributed by atoms with Gasteiger partial charge in [0.15, 0.2) is 0 Å². The third kappa shape index (κ3) is 2.52. The SMILES string of the molecule is C=CC[N+]1(Cc2ccccc2)C[C@@H]1C(F)(F)F. The molecule has 0 saturated carbocycles. The zero-order valence-corrected chi connectivity index (χ0v) is 9.45. The van der Waals surface area contributed by atoms with E-state index in [0.717, 1.165) is 5.56 Å². The summed E-state index contributed by atoms with van der Waals surface area (Å²) in [4.78, 5) is 0. The number of quaternary nitrogens is 1. The number of hydrogen-bond donors (Lipinski definition) is 0. The zero-order valence-electron chi connectivity index (χ0n) is 9.45. The minimum absolute atomic E-state index is 0.0665. The fraction of sp³-hybridized carbons (Fsp3) is 0.385. The molecule has 0 bridgehead atoms. The molecule has 1 aliphatic heterocycles. The van der Waals surface area contributed by atoms with Gasteiger partial charge in [0.05, 0.1) is 6.54 Å². The summed E-state index contributed by atoms with van der Waals surface area (Å²) in [5, 5.41) is 0. The zero-order chi connectivity index (χ0) is 12.5. The molecule has 1 aromatic rings. The Morgan fingerprint density at radius 2 is 1.94 bits per heavy atom. The van der Waals surface area contributed by atoms with E-state index in [0.29, 0.717) is 13.1 Å². The molecule has 1 aliphatic rings. The molecule has 92 valence electrons. The van der Waals surface area contributed by atoms with Crippen LogP contribution in [0.4, 0.5) is 13.2 Å². The molecule has 0 N–H and O–H groups in total. The van der Waals surface area contributed by atoms with Crippen LogP contribution in [0.2, 0.25) is 0 Å². The molecule has 1 heterocycles. The minimum atomic E-state index is -4.10. The van der Waals surface area contributed by atoms with Gasteiger partial charge in [-0.25, -0.2) is 0 Å². The normalized spacial score (nSPS) is 27.8. The van der Waals surface area contributed by atoms with Gasteiger partial charge in [-0.2, -0.15) is 13.2 Å². The summed E-state index contributed by atoms with van der Waals surface area (Å²) >= 11 is 0. The van der Waals surface area contributed by atoms with Crippen molar-refractivity contribution in [2.75, 3.05) is 13.1 Å². The molecule has 1 fully saturated rings. The van der Waals surface area contributed by atoms with Crippen molar-refractivity contribution in [3.8, 4) is 0 Å². The first kappa shape index (κ1) is 12.2. The molecule has 1 nitrogen and oxygen atoms in total. The Bertz CT molecular complexity index is 399. The topological polar surface area (TPSA) is 0 Å². The fourth-order valence-electron chi connectivity index (χ4n) is 2.36. The van der Waals surface area contributed by atoms with Crippen LogP contribution >= 0.6 is 0 Å². The first-order valence-electron chi connectivity index (χ1n) is 5.55. The van der Waals surface area contributed by atoms with E-state index in [1.807, 2.05) is 30.3 Å². The quantitative estimate of drug-likeness (QED) is 0.432. The average Bonchev–Trinajstić information content (AvgIpc) is 2.94. The lowest BCUT2D eigenvalue weighted by molar-refractivity contribution is -0.829. The molecule has 0 spiro atoms. The van der Waals surface area contributed by atoms with E-state index in [4.69, 9.17) is 0 Å². The third-order valence-corrected chi connectivity index (χ3v) is 3.27. The lowest BCUT2D eigenvalue weighted by Gasteiger charge is -2.20. The Balaban J connectivity index is 2.13. The molecule has 1 aromatic carbocycles. The van der Waals surface area contributed by atoms with Crippen molar-refractivity contribution in [2.24, 2.45) is 0 Å². The van der Waals surface area contributed by atoms with Crippen LogP contribution in [0.5, 0.6) is 0 Å². The summed E-state index contributed by atoms with van der Waals surface area (Å²) in [5.41, 5.74) is 0.945. The van der Waals surface area contributed by atoms with E-state index in [1.54, 1.807) is 6.08 Å². The minimum Gasteiger partial charge on any atom is -0.297 e. The van der Waals surface area contributed by atoms with Gasteiger partial charge in [0.2, 0.25) is 6.04 Å². The van der Waals surface area contributed by atoms with E-state index in [-0.39, 0.29) is 11.0 Å². The summed E-state index contributed by atoms with van der Waals surface area (Å²) < 4.78 is 38.2. The van der Waals surface area contributed by atoms with E-state index in [9.17, 15) is 13.2 Å². The molecule has 1 saturated heterocycles. The number of halogens is 3. The van der Waals surface area contributed by atoms with Crippen molar-refractivity contribution in [3.63, 3.8) is 0 Å². The Morgan fingerprint density at radius 3 is 2.41 bits per heavy atom. The third-order valence-electron chi connectivity index (χ3n) is 3.27. The van der Waals surface area contributed by atoms with E-state index in [1.165, 1.54) is 0 Å². The predicted octanol–water partition coefficient (Wildman–Crippen LogP) is 3.13. The van der Waals surface area contributed by atoms with Crippen LogP contribution in [0.25, 0.3) is 0 Å². The van der Waals surface area contributed by atoms with Crippen molar-refractivity contribution >= 4 is 0 Å². The molecule has 0 radical (unpaired) electrons. The second-order valence-corrected chi connectivity index (χ2v) is 4.57. The van der Waals surface area contributed by atoms with Gasteiger partial charge in [0.1, 0.15) is 13.1 Å². The molecular weight excluding hydrogens is 227 g/mol. The first-order chi connectivity index (χ1) is 7.98. The highest BCUT2D eigenvalue weighted by atomic mass is 19.4. The summed E-state index contributed by atoms with van der Waals surface area (Å²) in [7, 11) is 0. The molecule has 2 rings (SSSR count). The van der Waals surface area contributed by atoms with Gasteiger partial charge in [-0.3, -0.25) is 4.48 Å². The smallest absolute Gasteiger partial charge is 0.297 e. The number of hydrogen-bond acceptors (Lipinski definition) is 0. The van der Waals surface area contributed by atoms with Crippen LogP contribution in [0.1, 0.15) is 5.56 Å². The van der Waals surface area contributed by atoms with Crippen LogP contribution in [0, 0.1) is 0 Å². The highest BCUT2D eigenvalue weighted by Gasteiger charge is 2.68. The second-order valence-electron chi connectivity index (χ2n) is 4.57. The predicted molar refractivity (Wildman–Crippen MR) is 60.2 cm³/mol. The van der Waals surface area contributed by atoms with Gasteiger partial charge in [-0.05, 0) is 6.08 Å². The maximum absolute atomic E-state index is 12.7. The number of benzene rings is 1. The Kier molecular flexibility index (Phi) is 3.00. The van der Waals surface area contributed by atoms with Gasteiger partial charge in [-0.1, -0.05) is 36.9 Å². The van der Waals surface area contributed by atoms with E-state index in [2.05, 4.69) is 6.58 Å². The molecule has 2 atom stereocenters. The lowest BCUT2D eigenvalue weighted by atomic mass is 10.2. The van der Waals surface area contributed by atoms with Crippen molar-refractivity contribution in [3.05, 3.63) is 48.6 Å². The summed E-state index contributed by atoms with van der Waals surface area (Å²) in [6, 6.07) is 8.09. The van der Waals surface area contributed by atoms with Crippen molar-refractivity contribution < 1.29 is 17.7 Å². The van der Waals surface area contributed by atoms with Gasteiger partial charge in [-0.15, -0.1) is 0 Å². The van der Waals surface area contributed by atoms with Crippen molar-refractivity contribution in [1.29, 1.82) is 0 Å². The first-order valence-corrected chi connectivity index (χ1v) is 5.55. The van der Waals surface area contributed by atoms with Crippen molar-refractivity contribution in [1.82, 2.24) is 0 Å². The Labute approximate surface area is 98.8 Å². The Morgan fingerprint density at radius 1 is 1.29 bits per heavy atom. The molecule has 17 heavy (non-hydrogen) atoms. The summed E-state index contributed by atoms with van der Waals surface area (Å²) in [6.45, 7) is 4.53. The van der Waals surface area contributed by atoms with Gasteiger partial charge < -0.3 is 0 Å².